The molecule has 0 aromatic carbocycles. The zero-order valence-electron chi connectivity index (χ0n) is 12.4. The third kappa shape index (κ3) is 10.4. The van der Waals surface area contributed by atoms with Gasteiger partial charge >= 0.3 is 12.0 Å². The summed E-state index contributed by atoms with van der Waals surface area (Å²) in [7, 11) is 0. The van der Waals surface area contributed by atoms with E-state index in [1.165, 1.54) is 0 Å². The highest BCUT2D eigenvalue weighted by atomic mass is 16.4. The first-order valence-electron chi connectivity index (χ1n) is 7.20. The molecule has 0 saturated heterocycles. The molecule has 19 heavy (non-hydrogen) atoms. The molecule has 0 spiro atoms. The average Bonchev–Trinajstić information content (AvgIpc) is 2.33. The Morgan fingerprint density at radius 2 is 1.74 bits per heavy atom. The van der Waals surface area contributed by atoms with Crippen LogP contribution >= 0.6 is 0 Å². The van der Waals surface area contributed by atoms with E-state index in [1.54, 1.807) is 0 Å². The van der Waals surface area contributed by atoms with Crippen molar-refractivity contribution in [1.82, 2.24) is 10.6 Å². The Morgan fingerprint density at radius 3 is 2.26 bits per heavy atom. The first-order chi connectivity index (χ1) is 8.97. The highest BCUT2D eigenvalue weighted by Gasteiger charge is 2.15. The molecular formula is C14H28N2O3. The molecule has 0 heterocycles. The van der Waals surface area contributed by atoms with Gasteiger partial charge in [0.1, 0.15) is 0 Å². The highest BCUT2D eigenvalue weighted by molar-refractivity contribution is 5.73. The summed E-state index contributed by atoms with van der Waals surface area (Å²) < 4.78 is 0. The zero-order valence-corrected chi connectivity index (χ0v) is 12.4. The molecule has 0 radical (unpaired) electrons. The third-order valence-electron chi connectivity index (χ3n) is 3.29. The molecule has 5 heteroatoms. The van der Waals surface area contributed by atoms with Crippen molar-refractivity contribution in [1.29, 1.82) is 0 Å². The Bertz CT molecular complexity index is 267. The number of nitrogens with one attached hydrogen (secondary N) is 2. The van der Waals surface area contributed by atoms with Crippen molar-refractivity contribution >= 4 is 12.0 Å². The van der Waals surface area contributed by atoms with Crippen molar-refractivity contribution < 1.29 is 14.7 Å². The van der Waals surface area contributed by atoms with Crippen LogP contribution in [0, 0.1) is 11.8 Å². The number of rotatable bonds is 10. The van der Waals surface area contributed by atoms with Gasteiger partial charge in [0.25, 0.3) is 0 Å². The van der Waals surface area contributed by atoms with E-state index < -0.39 is 5.97 Å². The van der Waals surface area contributed by atoms with Crippen LogP contribution in [-0.4, -0.2) is 30.2 Å². The minimum absolute atomic E-state index is 0.130. The predicted molar refractivity (Wildman–Crippen MR) is 76.1 cm³/mol. The molecule has 0 aliphatic heterocycles. The van der Waals surface area contributed by atoms with Crippen molar-refractivity contribution in [3.05, 3.63) is 0 Å². The van der Waals surface area contributed by atoms with Gasteiger partial charge in [-0.05, 0) is 31.1 Å². The van der Waals surface area contributed by atoms with Gasteiger partial charge < -0.3 is 15.7 Å². The Kier molecular flexibility index (Phi) is 9.94. The number of carbonyl (C=O) groups excluding carboxylic acids is 1. The number of carboxylic acid groups (broad SMARTS) is 1. The fourth-order valence-corrected chi connectivity index (χ4v) is 1.93. The lowest BCUT2D eigenvalue weighted by Crippen LogP contribution is -2.37. The second-order valence-corrected chi connectivity index (χ2v) is 5.26. The Balaban J connectivity index is 3.79. The van der Waals surface area contributed by atoms with E-state index in [-0.39, 0.29) is 12.5 Å². The molecule has 0 aliphatic rings. The quantitative estimate of drug-likeness (QED) is 0.535. The van der Waals surface area contributed by atoms with E-state index in [0.717, 1.165) is 19.3 Å². The molecule has 0 aromatic rings. The van der Waals surface area contributed by atoms with E-state index in [0.29, 0.717) is 31.3 Å². The number of unbranched alkanes of at least 4 members (excludes halogenated alkanes) is 1. The number of hydrogen-bond acceptors (Lipinski definition) is 2. The summed E-state index contributed by atoms with van der Waals surface area (Å²) in [6, 6.07) is -0.130. The molecule has 0 aromatic heterocycles. The molecule has 0 rings (SSSR count). The van der Waals surface area contributed by atoms with Gasteiger partial charge in [-0.1, -0.05) is 27.2 Å². The van der Waals surface area contributed by atoms with Crippen molar-refractivity contribution in [2.45, 2.75) is 52.9 Å². The van der Waals surface area contributed by atoms with Gasteiger partial charge in [0.05, 0.1) is 0 Å². The van der Waals surface area contributed by atoms with Gasteiger partial charge in [-0.3, -0.25) is 4.79 Å². The topological polar surface area (TPSA) is 78.4 Å². The zero-order chi connectivity index (χ0) is 14.7. The minimum atomic E-state index is -0.754. The van der Waals surface area contributed by atoms with Crippen molar-refractivity contribution in [2.24, 2.45) is 11.8 Å². The second kappa shape index (κ2) is 10.6. The van der Waals surface area contributed by atoms with Crippen LogP contribution in [0.4, 0.5) is 4.79 Å². The lowest BCUT2D eigenvalue weighted by Gasteiger charge is -2.20. The first kappa shape index (κ1) is 17.7. The largest absolute Gasteiger partial charge is 0.481 e. The summed E-state index contributed by atoms with van der Waals surface area (Å²) in [6.45, 7) is 7.56. The van der Waals surface area contributed by atoms with Gasteiger partial charge in [0.2, 0.25) is 0 Å². The molecule has 0 bridgehead atoms. The standard InChI is InChI=1S/C14H28N2O3/c1-4-5-9-15-14(19)16-10-8-12(11(2)3)6-7-13(17)18/h11-12H,4-10H2,1-3H3,(H,17,18)(H2,15,16,19). The molecule has 0 aliphatic carbocycles. The van der Waals surface area contributed by atoms with Crippen LogP contribution in [0.5, 0.6) is 0 Å². The normalized spacial score (nSPS) is 12.2. The lowest BCUT2D eigenvalue weighted by atomic mass is 9.88. The number of hydrogen-bond donors (Lipinski definition) is 3. The van der Waals surface area contributed by atoms with Gasteiger partial charge in [-0.25, -0.2) is 4.79 Å². The van der Waals surface area contributed by atoms with Gasteiger partial charge in [-0.15, -0.1) is 0 Å². The van der Waals surface area contributed by atoms with E-state index in [9.17, 15) is 9.59 Å². The molecular weight excluding hydrogens is 244 g/mol. The number of urea groups is 1. The summed E-state index contributed by atoms with van der Waals surface area (Å²) >= 11 is 0. The number of carbonyl (C=O) groups is 2. The summed E-state index contributed by atoms with van der Waals surface area (Å²) in [5.41, 5.74) is 0. The average molecular weight is 272 g/mol. The SMILES string of the molecule is CCCCNC(=O)NCCC(CCC(=O)O)C(C)C. The van der Waals surface area contributed by atoms with Crippen LogP contribution in [-0.2, 0) is 4.79 Å². The molecule has 112 valence electrons. The maximum absolute atomic E-state index is 11.4. The fourth-order valence-electron chi connectivity index (χ4n) is 1.93. The van der Waals surface area contributed by atoms with E-state index >= 15 is 0 Å². The van der Waals surface area contributed by atoms with Crippen molar-refractivity contribution in [3.8, 4) is 0 Å². The fraction of sp³-hybridized carbons (Fsp3) is 0.857. The van der Waals surface area contributed by atoms with Crippen molar-refractivity contribution in [2.75, 3.05) is 13.1 Å². The van der Waals surface area contributed by atoms with Crippen LogP contribution in [0.2, 0.25) is 0 Å². The molecule has 0 fully saturated rings. The molecule has 3 N–H and O–H groups in total. The van der Waals surface area contributed by atoms with Gasteiger partial charge in [-0.2, -0.15) is 0 Å². The monoisotopic (exact) mass is 272 g/mol. The van der Waals surface area contributed by atoms with Crippen LogP contribution in [0.1, 0.15) is 52.9 Å². The Labute approximate surface area is 116 Å². The molecule has 1 atom stereocenters. The van der Waals surface area contributed by atoms with Gasteiger partial charge in [0.15, 0.2) is 0 Å². The lowest BCUT2D eigenvalue weighted by molar-refractivity contribution is -0.137. The van der Waals surface area contributed by atoms with Crippen molar-refractivity contribution in [3.63, 3.8) is 0 Å². The molecule has 0 saturated carbocycles. The summed E-state index contributed by atoms with van der Waals surface area (Å²) in [4.78, 5) is 22.0. The first-order valence-corrected chi connectivity index (χ1v) is 7.20. The number of carboxylic acids is 1. The van der Waals surface area contributed by atoms with Crippen LogP contribution < -0.4 is 10.6 Å². The maximum atomic E-state index is 11.4. The second-order valence-electron chi connectivity index (χ2n) is 5.26. The molecule has 5 nitrogen and oxygen atoms in total. The summed E-state index contributed by atoms with van der Waals surface area (Å²) in [5.74, 6) is 0.0206. The molecule has 1 unspecified atom stereocenters. The Hall–Kier alpha value is -1.26. The minimum Gasteiger partial charge on any atom is -0.481 e. The van der Waals surface area contributed by atoms with Gasteiger partial charge in [0, 0.05) is 19.5 Å². The summed E-state index contributed by atoms with van der Waals surface area (Å²) in [5, 5.41) is 14.3. The number of amides is 2. The third-order valence-corrected chi connectivity index (χ3v) is 3.29. The Morgan fingerprint density at radius 1 is 1.11 bits per heavy atom. The van der Waals surface area contributed by atoms with Crippen LogP contribution in [0.3, 0.4) is 0 Å². The van der Waals surface area contributed by atoms with E-state index in [1.807, 2.05) is 0 Å². The van der Waals surface area contributed by atoms with Crippen LogP contribution in [0.25, 0.3) is 0 Å². The van der Waals surface area contributed by atoms with E-state index in [4.69, 9.17) is 5.11 Å². The van der Waals surface area contributed by atoms with Crippen LogP contribution in [0.15, 0.2) is 0 Å². The van der Waals surface area contributed by atoms with E-state index in [2.05, 4.69) is 31.4 Å². The maximum Gasteiger partial charge on any atom is 0.314 e. The molecule has 2 amide bonds. The summed E-state index contributed by atoms with van der Waals surface area (Å²) in [6.07, 6.45) is 3.75. The smallest absolute Gasteiger partial charge is 0.314 e. The predicted octanol–water partition coefficient (Wildman–Crippen LogP) is 2.61. The number of aliphatic carboxylic acids is 1. The highest BCUT2D eigenvalue weighted by Crippen LogP contribution is 2.20.